The number of ether oxygens (including phenoxy) is 1. The molecule has 7 nitrogen and oxygen atoms in total. The van der Waals surface area contributed by atoms with Gasteiger partial charge in [-0.05, 0) is 18.2 Å². The van der Waals surface area contributed by atoms with Gasteiger partial charge in [0.25, 0.3) is 0 Å². The first-order valence-corrected chi connectivity index (χ1v) is 11.5. The SMILES string of the molecule is Cn1cc(S(=O)(=O)N2CCN(c3cccc(OCc4ccccc4Cl)c3)CC2)cn1. The Morgan fingerprint density at radius 2 is 1.83 bits per heavy atom. The Hall–Kier alpha value is -2.55. The number of rotatable bonds is 6. The van der Waals surface area contributed by atoms with Crippen molar-refractivity contribution in [1.82, 2.24) is 14.1 Å². The molecule has 9 heteroatoms. The Morgan fingerprint density at radius 3 is 2.53 bits per heavy atom. The normalized spacial score (nSPS) is 15.3. The summed E-state index contributed by atoms with van der Waals surface area (Å²) in [6, 6.07) is 15.4. The molecule has 3 aromatic rings. The van der Waals surface area contributed by atoms with Gasteiger partial charge in [-0.15, -0.1) is 0 Å². The second kappa shape index (κ2) is 8.67. The third-order valence-corrected chi connectivity index (χ3v) is 7.31. The first-order valence-electron chi connectivity index (χ1n) is 9.63. The minimum absolute atomic E-state index is 0.230. The Kier molecular flexibility index (Phi) is 5.99. The van der Waals surface area contributed by atoms with Gasteiger partial charge in [-0.25, -0.2) is 8.42 Å². The summed E-state index contributed by atoms with van der Waals surface area (Å²) >= 11 is 6.19. The molecular weight excluding hydrogens is 424 g/mol. The lowest BCUT2D eigenvalue weighted by atomic mass is 10.2. The van der Waals surface area contributed by atoms with E-state index in [2.05, 4.69) is 10.00 Å². The average molecular weight is 447 g/mol. The molecule has 1 saturated heterocycles. The highest BCUT2D eigenvalue weighted by molar-refractivity contribution is 7.89. The predicted molar refractivity (Wildman–Crippen MR) is 116 cm³/mol. The maximum atomic E-state index is 12.8. The molecule has 0 spiro atoms. The van der Waals surface area contributed by atoms with E-state index in [4.69, 9.17) is 16.3 Å². The Labute approximate surface area is 181 Å². The Bertz CT molecular complexity index is 1120. The third-order valence-electron chi connectivity index (χ3n) is 5.09. The van der Waals surface area contributed by atoms with E-state index < -0.39 is 10.0 Å². The number of halogens is 1. The van der Waals surface area contributed by atoms with Crippen LogP contribution in [0.5, 0.6) is 5.75 Å². The van der Waals surface area contributed by atoms with Crippen LogP contribution in [0, 0.1) is 0 Å². The van der Waals surface area contributed by atoms with Crippen molar-refractivity contribution in [2.24, 2.45) is 7.05 Å². The minimum Gasteiger partial charge on any atom is -0.489 e. The molecular formula is C21H23ClN4O3S. The first kappa shape index (κ1) is 20.7. The molecule has 0 bridgehead atoms. The van der Waals surface area contributed by atoms with E-state index in [1.54, 1.807) is 7.05 Å². The van der Waals surface area contributed by atoms with E-state index in [-0.39, 0.29) is 4.90 Å². The number of sulfonamides is 1. The van der Waals surface area contributed by atoms with Crippen molar-refractivity contribution in [2.75, 3.05) is 31.1 Å². The summed E-state index contributed by atoms with van der Waals surface area (Å²) in [5.41, 5.74) is 1.93. The zero-order valence-electron chi connectivity index (χ0n) is 16.6. The lowest BCUT2D eigenvalue weighted by Gasteiger charge is -2.35. The Balaban J connectivity index is 1.39. The van der Waals surface area contributed by atoms with Crippen LogP contribution in [0.4, 0.5) is 5.69 Å². The number of aromatic nitrogens is 2. The van der Waals surface area contributed by atoms with Gasteiger partial charge in [0, 0.05) is 61.8 Å². The molecule has 158 valence electrons. The van der Waals surface area contributed by atoms with Crippen LogP contribution in [0.3, 0.4) is 0 Å². The van der Waals surface area contributed by atoms with Gasteiger partial charge in [0.2, 0.25) is 10.0 Å². The molecule has 0 radical (unpaired) electrons. The lowest BCUT2D eigenvalue weighted by Crippen LogP contribution is -2.48. The van der Waals surface area contributed by atoms with Gasteiger partial charge in [0.1, 0.15) is 17.3 Å². The molecule has 1 aromatic heterocycles. The zero-order valence-corrected chi connectivity index (χ0v) is 18.2. The fourth-order valence-corrected chi connectivity index (χ4v) is 5.01. The highest BCUT2D eigenvalue weighted by Crippen LogP contribution is 2.25. The third kappa shape index (κ3) is 4.45. The van der Waals surface area contributed by atoms with Gasteiger partial charge in [-0.1, -0.05) is 35.9 Å². The summed E-state index contributed by atoms with van der Waals surface area (Å²) < 4.78 is 34.5. The van der Waals surface area contributed by atoms with Gasteiger partial charge >= 0.3 is 0 Å². The van der Waals surface area contributed by atoms with Crippen LogP contribution in [0.1, 0.15) is 5.56 Å². The molecule has 0 saturated carbocycles. The molecule has 2 aromatic carbocycles. The maximum absolute atomic E-state index is 12.8. The van der Waals surface area contributed by atoms with Crippen molar-refractivity contribution in [1.29, 1.82) is 0 Å². The largest absolute Gasteiger partial charge is 0.489 e. The standard InChI is InChI=1S/C21H23ClN4O3S/c1-24-15-20(14-23-24)30(27,28)26-11-9-25(10-12-26)18-6-4-7-19(13-18)29-16-17-5-2-3-8-21(17)22/h2-8,13-15H,9-12,16H2,1H3. The van der Waals surface area contributed by atoms with E-state index in [1.165, 1.54) is 21.4 Å². The molecule has 0 amide bonds. The van der Waals surface area contributed by atoms with Crippen molar-refractivity contribution in [3.63, 3.8) is 0 Å². The highest BCUT2D eigenvalue weighted by atomic mass is 35.5. The average Bonchev–Trinajstić information content (AvgIpc) is 3.21. The number of hydrogen-bond acceptors (Lipinski definition) is 5. The monoisotopic (exact) mass is 446 g/mol. The van der Waals surface area contributed by atoms with Crippen LogP contribution in [-0.4, -0.2) is 48.7 Å². The van der Waals surface area contributed by atoms with Crippen molar-refractivity contribution >= 4 is 27.3 Å². The lowest BCUT2D eigenvalue weighted by molar-refractivity contribution is 0.306. The van der Waals surface area contributed by atoms with Crippen molar-refractivity contribution < 1.29 is 13.2 Å². The number of nitrogens with zero attached hydrogens (tertiary/aromatic N) is 4. The maximum Gasteiger partial charge on any atom is 0.246 e. The molecule has 0 atom stereocenters. The Morgan fingerprint density at radius 1 is 1.07 bits per heavy atom. The summed E-state index contributed by atoms with van der Waals surface area (Å²) in [6.45, 7) is 2.44. The predicted octanol–water partition coefficient (Wildman–Crippen LogP) is 3.16. The van der Waals surface area contributed by atoms with Gasteiger partial charge in [-0.3, -0.25) is 4.68 Å². The molecule has 1 aliphatic rings. The van der Waals surface area contributed by atoms with Crippen molar-refractivity contribution in [3.8, 4) is 5.75 Å². The number of aryl methyl sites for hydroxylation is 1. The number of benzene rings is 2. The van der Waals surface area contributed by atoms with Crippen molar-refractivity contribution in [2.45, 2.75) is 11.5 Å². The number of hydrogen-bond donors (Lipinski definition) is 0. The molecule has 1 fully saturated rings. The van der Waals surface area contributed by atoms with Crippen LogP contribution >= 0.6 is 11.6 Å². The first-order chi connectivity index (χ1) is 14.4. The summed E-state index contributed by atoms with van der Waals surface area (Å²) in [7, 11) is -1.81. The highest BCUT2D eigenvalue weighted by Gasteiger charge is 2.29. The molecule has 30 heavy (non-hydrogen) atoms. The van der Waals surface area contributed by atoms with Crippen molar-refractivity contribution in [3.05, 3.63) is 71.5 Å². The molecule has 0 N–H and O–H groups in total. The van der Waals surface area contributed by atoms with Gasteiger partial charge in [0.15, 0.2) is 0 Å². The summed E-state index contributed by atoms with van der Waals surface area (Å²) in [6.07, 6.45) is 2.92. The van der Waals surface area contributed by atoms with Crippen LogP contribution < -0.4 is 9.64 Å². The van der Waals surface area contributed by atoms with Gasteiger partial charge in [0.05, 0.1) is 6.20 Å². The van der Waals surface area contributed by atoms with Crippen LogP contribution in [-0.2, 0) is 23.7 Å². The quantitative estimate of drug-likeness (QED) is 0.581. The van der Waals surface area contributed by atoms with E-state index in [1.807, 2.05) is 48.5 Å². The second-order valence-electron chi connectivity index (χ2n) is 7.12. The zero-order chi connectivity index (χ0) is 21.1. The van der Waals surface area contributed by atoms with E-state index in [9.17, 15) is 8.42 Å². The fraction of sp³-hybridized carbons (Fsp3) is 0.286. The molecule has 1 aliphatic heterocycles. The second-order valence-corrected chi connectivity index (χ2v) is 9.46. The van der Waals surface area contributed by atoms with Crippen LogP contribution in [0.2, 0.25) is 5.02 Å². The van der Waals surface area contributed by atoms with Gasteiger partial charge in [-0.2, -0.15) is 9.40 Å². The molecule has 4 rings (SSSR count). The summed E-state index contributed by atoms with van der Waals surface area (Å²) in [5, 5.41) is 4.65. The summed E-state index contributed by atoms with van der Waals surface area (Å²) in [4.78, 5) is 2.39. The van der Waals surface area contributed by atoms with Crippen LogP contribution in [0.25, 0.3) is 0 Å². The van der Waals surface area contributed by atoms with Crippen LogP contribution in [0.15, 0.2) is 65.8 Å². The topological polar surface area (TPSA) is 67.7 Å². The fourth-order valence-electron chi connectivity index (χ4n) is 3.41. The number of piperazine rings is 1. The molecule has 0 aliphatic carbocycles. The summed E-state index contributed by atoms with van der Waals surface area (Å²) in [5.74, 6) is 0.748. The van der Waals surface area contributed by atoms with Gasteiger partial charge < -0.3 is 9.64 Å². The van der Waals surface area contributed by atoms with E-state index >= 15 is 0 Å². The number of anilines is 1. The van der Waals surface area contributed by atoms with E-state index in [0.717, 1.165) is 17.0 Å². The molecule has 2 heterocycles. The minimum atomic E-state index is -3.51. The smallest absolute Gasteiger partial charge is 0.246 e. The van der Waals surface area contributed by atoms with E-state index in [0.29, 0.717) is 37.8 Å². The molecule has 0 unspecified atom stereocenters.